The normalized spacial score (nSPS) is 12.7. The molecule has 0 saturated heterocycles. The quantitative estimate of drug-likeness (QED) is 0.611. The molecule has 2 aromatic rings. The monoisotopic (exact) mass is 432 g/mol. The number of hydrogen-bond donors (Lipinski definition) is 1. The molecule has 0 aliphatic rings. The average Bonchev–Trinajstić information content (AvgIpc) is 2.66. The molecule has 0 aliphatic carbocycles. The molecule has 2 rings (SSSR count). The van der Waals surface area contributed by atoms with Gasteiger partial charge in [-0.05, 0) is 43.8 Å². The number of halogens is 5. The largest absolute Gasteiger partial charge is 0.493 e. The topological polar surface area (TPSA) is 50.8 Å². The molecule has 1 N–H and O–H groups in total. The van der Waals surface area contributed by atoms with E-state index in [-0.39, 0.29) is 23.7 Å². The van der Waals surface area contributed by atoms with Gasteiger partial charge in [0.2, 0.25) is 5.91 Å². The molecule has 164 valence electrons. The highest BCUT2D eigenvalue weighted by molar-refractivity contribution is 5.95. The Morgan fingerprint density at radius 1 is 1.13 bits per heavy atom. The maximum Gasteiger partial charge on any atom is 0.418 e. The number of anilines is 1. The lowest BCUT2D eigenvalue weighted by Crippen LogP contribution is -2.39. The highest BCUT2D eigenvalue weighted by atomic mass is 19.4. The third-order valence-electron chi connectivity index (χ3n) is 4.41. The summed E-state index contributed by atoms with van der Waals surface area (Å²) in [5.41, 5.74) is -0.742. The van der Waals surface area contributed by atoms with Crippen LogP contribution in [0.1, 0.15) is 18.1 Å². The van der Waals surface area contributed by atoms with E-state index in [0.29, 0.717) is 5.56 Å². The fourth-order valence-corrected chi connectivity index (χ4v) is 2.71. The lowest BCUT2D eigenvalue weighted by molar-refractivity contribution is -0.137. The molecule has 0 aromatic heterocycles. The Bertz CT molecular complexity index is 874. The first-order valence-corrected chi connectivity index (χ1v) is 8.82. The van der Waals surface area contributed by atoms with E-state index in [2.05, 4.69) is 10.1 Å². The summed E-state index contributed by atoms with van der Waals surface area (Å²) in [6, 6.07) is 8.27. The number of carbonyl (C=O) groups excluding carboxylic acids is 1. The van der Waals surface area contributed by atoms with E-state index in [4.69, 9.17) is 4.74 Å². The number of methoxy groups -OCH3 is 1. The van der Waals surface area contributed by atoms with Crippen molar-refractivity contribution in [3.63, 3.8) is 0 Å². The molecular formula is C20H21F5N2O3. The van der Waals surface area contributed by atoms with Crippen LogP contribution in [0.4, 0.5) is 27.6 Å². The van der Waals surface area contributed by atoms with Crippen molar-refractivity contribution in [2.75, 3.05) is 19.5 Å². The molecule has 0 spiro atoms. The van der Waals surface area contributed by atoms with Crippen LogP contribution in [0.15, 0.2) is 42.5 Å². The standard InChI is InChI=1S/C20H21F5N2O3/c1-12(18(28)26-15-7-5-4-6-14(15)20(23,24)25)27(2)11-13-8-9-16(29-3)17(10-13)30-19(21)22/h4-10,12,19H,11H2,1-3H3,(H,26,28). The first-order valence-electron chi connectivity index (χ1n) is 8.82. The zero-order chi connectivity index (χ0) is 22.5. The van der Waals surface area contributed by atoms with Crippen molar-refractivity contribution in [3.05, 3.63) is 53.6 Å². The number of hydrogen-bond acceptors (Lipinski definition) is 4. The first kappa shape index (κ1) is 23.4. The molecule has 0 fully saturated rings. The third kappa shape index (κ3) is 6.06. The van der Waals surface area contributed by atoms with E-state index in [0.717, 1.165) is 6.07 Å². The minimum absolute atomic E-state index is 0.122. The maximum atomic E-state index is 13.1. The van der Waals surface area contributed by atoms with Crippen molar-refractivity contribution in [1.29, 1.82) is 0 Å². The van der Waals surface area contributed by atoms with Crippen molar-refractivity contribution < 1.29 is 36.2 Å². The van der Waals surface area contributed by atoms with Crippen molar-refractivity contribution in [3.8, 4) is 11.5 Å². The lowest BCUT2D eigenvalue weighted by atomic mass is 10.1. The van der Waals surface area contributed by atoms with Gasteiger partial charge in [0.05, 0.1) is 24.4 Å². The second kappa shape index (κ2) is 9.75. The number of benzene rings is 2. The van der Waals surface area contributed by atoms with Gasteiger partial charge in [-0.2, -0.15) is 22.0 Å². The number of para-hydroxylation sites is 1. The van der Waals surface area contributed by atoms with E-state index in [9.17, 15) is 26.7 Å². The molecule has 10 heteroatoms. The number of alkyl halides is 5. The Labute approximate surface area is 170 Å². The number of ether oxygens (including phenoxy) is 2. The van der Waals surface area contributed by atoms with Crippen molar-refractivity contribution >= 4 is 11.6 Å². The Balaban J connectivity index is 2.11. The molecule has 0 aliphatic heterocycles. The van der Waals surface area contributed by atoms with Crippen LogP contribution in [-0.2, 0) is 17.5 Å². The maximum absolute atomic E-state index is 13.1. The van der Waals surface area contributed by atoms with Crippen LogP contribution < -0.4 is 14.8 Å². The SMILES string of the molecule is COc1ccc(CN(C)C(C)C(=O)Nc2ccccc2C(F)(F)F)cc1OC(F)F. The van der Waals surface area contributed by atoms with Crippen molar-refractivity contribution in [2.24, 2.45) is 0 Å². The zero-order valence-electron chi connectivity index (χ0n) is 16.5. The van der Waals surface area contributed by atoms with Gasteiger partial charge in [-0.15, -0.1) is 0 Å². The lowest BCUT2D eigenvalue weighted by Gasteiger charge is -2.25. The van der Waals surface area contributed by atoms with Gasteiger partial charge in [-0.3, -0.25) is 9.69 Å². The molecule has 0 bridgehead atoms. The molecule has 2 aromatic carbocycles. The average molecular weight is 432 g/mol. The minimum atomic E-state index is -4.61. The van der Waals surface area contributed by atoms with E-state index in [1.54, 1.807) is 18.0 Å². The number of carbonyl (C=O) groups is 1. The summed E-state index contributed by atoms with van der Waals surface area (Å²) in [7, 11) is 2.89. The van der Waals surface area contributed by atoms with Crippen LogP contribution in [0, 0.1) is 0 Å². The molecule has 30 heavy (non-hydrogen) atoms. The number of amides is 1. The molecule has 5 nitrogen and oxygen atoms in total. The highest BCUT2D eigenvalue weighted by Gasteiger charge is 2.34. The van der Waals surface area contributed by atoms with Gasteiger partial charge in [-0.1, -0.05) is 18.2 Å². The van der Waals surface area contributed by atoms with Crippen LogP contribution in [0.3, 0.4) is 0 Å². The fraction of sp³-hybridized carbons (Fsp3) is 0.350. The van der Waals surface area contributed by atoms with Crippen LogP contribution in [0.2, 0.25) is 0 Å². The van der Waals surface area contributed by atoms with E-state index >= 15 is 0 Å². The predicted molar refractivity (Wildman–Crippen MR) is 101 cm³/mol. The van der Waals surface area contributed by atoms with E-state index < -0.39 is 30.3 Å². The molecule has 0 heterocycles. The summed E-state index contributed by atoms with van der Waals surface area (Å²) in [6.45, 7) is -1.37. The van der Waals surface area contributed by atoms with Crippen molar-refractivity contribution in [2.45, 2.75) is 32.3 Å². The van der Waals surface area contributed by atoms with Crippen LogP contribution in [-0.4, -0.2) is 37.6 Å². The minimum Gasteiger partial charge on any atom is -0.493 e. The predicted octanol–water partition coefficient (Wildman–Crippen LogP) is 4.77. The second-order valence-corrected chi connectivity index (χ2v) is 6.49. The van der Waals surface area contributed by atoms with Gasteiger partial charge in [0.15, 0.2) is 11.5 Å². The Kier molecular flexibility index (Phi) is 7.60. The van der Waals surface area contributed by atoms with Crippen LogP contribution in [0.25, 0.3) is 0 Å². The number of likely N-dealkylation sites (N-methyl/N-ethyl adjacent to an activating group) is 1. The zero-order valence-corrected chi connectivity index (χ0v) is 16.5. The first-order chi connectivity index (χ1) is 14.0. The summed E-state index contributed by atoms with van der Waals surface area (Å²) in [5, 5.41) is 2.29. The number of rotatable bonds is 8. The number of nitrogens with zero attached hydrogens (tertiary/aromatic N) is 1. The van der Waals surface area contributed by atoms with Crippen LogP contribution in [0.5, 0.6) is 11.5 Å². The van der Waals surface area contributed by atoms with Gasteiger partial charge in [0.25, 0.3) is 0 Å². The molecule has 0 radical (unpaired) electrons. The Morgan fingerprint density at radius 2 is 1.80 bits per heavy atom. The Hall–Kier alpha value is -2.88. The summed E-state index contributed by atoms with van der Waals surface area (Å²) in [4.78, 5) is 14.0. The molecule has 1 unspecified atom stereocenters. The summed E-state index contributed by atoms with van der Waals surface area (Å²) in [5.74, 6) is -0.683. The summed E-state index contributed by atoms with van der Waals surface area (Å²) >= 11 is 0. The van der Waals surface area contributed by atoms with Crippen LogP contribution >= 0.6 is 0 Å². The third-order valence-corrected chi connectivity index (χ3v) is 4.41. The van der Waals surface area contributed by atoms with E-state index in [1.807, 2.05) is 0 Å². The van der Waals surface area contributed by atoms with E-state index in [1.165, 1.54) is 44.4 Å². The molecule has 1 atom stereocenters. The van der Waals surface area contributed by atoms with Gasteiger partial charge in [0, 0.05) is 6.54 Å². The highest BCUT2D eigenvalue weighted by Crippen LogP contribution is 2.34. The smallest absolute Gasteiger partial charge is 0.418 e. The summed E-state index contributed by atoms with van der Waals surface area (Å²) in [6.07, 6.45) is -4.61. The van der Waals surface area contributed by atoms with Gasteiger partial charge in [0.1, 0.15) is 0 Å². The molecule has 1 amide bonds. The molecule has 0 saturated carbocycles. The van der Waals surface area contributed by atoms with Gasteiger partial charge < -0.3 is 14.8 Å². The second-order valence-electron chi connectivity index (χ2n) is 6.49. The summed E-state index contributed by atoms with van der Waals surface area (Å²) < 4.78 is 73.8. The fourth-order valence-electron chi connectivity index (χ4n) is 2.71. The molecular weight excluding hydrogens is 411 g/mol. The number of nitrogens with one attached hydrogen (secondary N) is 1. The van der Waals surface area contributed by atoms with Gasteiger partial charge in [-0.25, -0.2) is 0 Å². The van der Waals surface area contributed by atoms with Crippen molar-refractivity contribution in [1.82, 2.24) is 4.90 Å². The Morgan fingerprint density at radius 3 is 2.40 bits per heavy atom. The van der Waals surface area contributed by atoms with Gasteiger partial charge >= 0.3 is 12.8 Å².